The highest BCUT2D eigenvalue weighted by Gasteiger charge is 2.60. The Bertz CT molecular complexity index is 548. The maximum absolute atomic E-state index is 11.7. The molecule has 3 rings (SSSR count). The number of aliphatic hydroxyl groups excluding tert-OH is 1. The standard InChI is InChI=1S/C15H16O5/c1-4-15-5-9-10(7(2)14(18)20-9)12(16)11(15)8(3)13(17)19-6-15/h4,9-12,16H,1-3,5-6H2/t9-,10-,11-,12+,15-/m1/s1. The summed E-state index contributed by atoms with van der Waals surface area (Å²) in [6.07, 6.45) is 0.707. The van der Waals surface area contributed by atoms with Gasteiger partial charge in [0.1, 0.15) is 12.7 Å². The van der Waals surface area contributed by atoms with E-state index in [1.165, 1.54) is 0 Å². The van der Waals surface area contributed by atoms with Gasteiger partial charge in [0.15, 0.2) is 0 Å². The monoisotopic (exact) mass is 276 g/mol. The van der Waals surface area contributed by atoms with Crippen LogP contribution >= 0.6 is 0 Å². The van der Waals surface area contributed by atoms with Gasteiger partial charge in [-0.2, -0.15) is 0 Å². The Labute approximate surface area is 116 Å². The summed E-state index contributed by atoms with van der Waals surface area (Å²) in [7, 11) is 0. The largest absolute Gasteiger partial charge is 0.461 e. The molecular formula is C15H16O5. The normalized spacial score (nSPS) is 43.5. The van der Waals surface area contributed by atoms with E-state index in [0.29, 0.717) is 6.42 Å². The van der Waals surface area contributed by atoms with Gasteiger partial charge in [-0.15, -0.1) is 6.58 Å². The number of rotatable bonds is 1. The molecule has 0 amide bonds. The van der Waals surface area contributed by atoms with Crippen LogP contribution in [0.4, 0.5) is 0 Å². The first-order valence-electron chi connectivity index (χ1n) is 6.48. The van der Waals surface area contributed by atoms with Crippen LogP contribution in [0, 0.1) is 17.3 Å². The molecule has 0 unspecified atom stereocenters. The van der Waals surface area contributed by atoms with E-state index in [1.54, 1.807) is 6.08 Å². The van der Waals surface area contributed by atoms with Crippen molar-refractivity contribution in [2.45, 2.75) is 18.6 Å². The summed E-state index contributed by atoms with van der Waals surface area (Å²) < 4.78 is 10.4. The lowest BCUT2D eigenvalue weighted by atomic mass is 9.57. The Hall–Kier alpha value is -1.88. The van der Waals surface area contributed by atoms with Gasteiger partial charge in [-0.25, -0.2) is 9.59 Å². The number of aliphatic hydroxyl groups is 1. The summed E-state index contributed by atoms with van der Waals surface area (Å²) in [6, 6.07) is 0. The van der Waals surface area contributed by atoms with Crippen molar-refractivity contribution in [3.63, 3.8) is 0 Å². The number of ether oxygens (including phenoxy) is 2. The molecule has 5 heteroatoms. The molecule has 5 atom stereocenters. The van der Waals surface area contributed by atoms with Gasteiger partial charge >= 0.3 is 11.9 Å². The van der Waals surface area contributed by atoms with Crippen LogP contribution in [-0.2, 0) is 19.1 Å². The second-order valence-electron chi connectivity index (χ2n) is 5.71. The van der Waals surface area contributed by atoms with Crippen molar-refractivity contribution < 1.29 is 24.2 Å². The van der Waals surface area contributed by atoms with Crippen LogP contribution in [0.25, 0.3) is 0 Å². The van der Waals surface area contributed by atoms with Crippen molar-refractivity contribution in [1.82, 2.24) is 0 Å². The molecule has 2 saturated heterocycles. The molecule has 1 aliphatic carbocycles. The Morgan fingerprint density at radius 1 is 1.25 bits per heavy atom. The second kappa shape index (κ2) is 4.06. The lowest BCUT2D eigenvalue weighted by Gasteiger charge is -2.50. The number of fused-ring (bicyclic) bond motifs is 2. The molecule has 20 heavy (non-hydrogen) atoms. The van der Waals surface area contributed by atoms with Gasteiger partial charge in [0.05, 0.1) is 12.0 Å². The van der Waals surface area contributed by atoms with E-state index in [0.717, 1.165) is 0 Å². The molecule has 0 radical (unpaired) electrons. The molecule has 2 aliphatic heterocycles. The Morgan fingerprint density at radius 3 is 2.60 bits per heavy atom. The predicted octanol–water partition coefficient (Wildman–Crippen LogP) is 0.750. The fraction of sp³-hybridized carbons (Fsp3) is 0.467. The Balaban J connectivity index is 2.06. The second-order valence-corrected chi connectivity index (χ2v) is 5.71. The summed E-state index contributed by atoms with van der Waals surface area (Å²) in [5, 5.41) is 10.6. The minimum absolute atomic E-state index is 0.114. The average molecular weight is 276 g/mol. The molecule has 1 N–H and O–H groups in total. The summed E-state index contributed by atoms with van der Waals surface area (Å²) >= 11 is 0. The SMILES string of the molecule is C=C[C@@]12COC(=O)C(=C)[C@@H]1[C@@H](O)[C@@H]1C(=C)C(=O)O[C@@H]1C2. The van der Waals surface area contributed by atoms with Crippen molar-refractivity contribution >= 4 is 11.9 Å². The third-order valence-corrected chi connectivity index (χ3v) is 4.75. The molecule has 0 bridgehead atoms. The summed E-state index contributed by atoms with van der Waals surface area (Å²) in [5.41, 5.74) is -0.169. The molecular weight excluding hydrogens is 260 g/mol. The molecule has 0 aromatic rings. The topological polar surface area (TPSA) is 72.8 Å². The third-order valence-electron chi connectivity index (χ3n) is 4.75. The third kappa shape index (κ3) is 1.47. The minimum Gasteiger partial charge on any atom is -0.461 e. The number of esters is 2. The van der Waals surface area contributed by atoms with Gasteiger partial charge < -0.3 is 14.6 Å². The molecule has 0 aromatic heterocycles. The predicted molar refractivity (Wildman–Crippen MR) is 69.4 cm³/mol. The van der Waals surface area contributed by atoms with E-state index >= 15 is 0 Å². The van der Waals surface area contributed by atoms with Crippen LogP contribution in [0.2, 0.25) is 0 Å². The number of hydrogen-bond donors (Lipinski definition) is 1. The molecule has 106 valence electrons. The first-order chi connectivity index (χ1) is 9.41. The quantitative estimate of drug-likeness (QED) is 0.434. The van der Waals surface area contributed by atoms with Gasteiger partial charge in [-0.05, 0) is 6.42 Å². The number of cyclic esters (lactones) is 1. The number of carbonyl (C=O) groups excluding carboxylic acids is 2. The van der Waals surface area contributed by atoms with E-state index in [9.17, 15) is 14.7 Å². The minimum atomic E-state index is -0.953. The van der Waals surface area contributed by atoms with Gasteiger partial charge in [-0.1, -0.05) is 19.2 Å². The maximum atomic E-state index is 11.7. The zero-order chi connectivity index (χ0) is 14.7. The van der Waals surface area contributed by atoms with Crippen molar-refractivity contribution in [2.75, 3.05) is 6.61 Å². The average Bonchev–Trinajstić information content (AvgIpc) is 2.69. The Morgan fingerprint density at radius 2 is 1.95 bits per heavy atom. The van der Waals surface area contributed by atoms with Crippen molar-refractivity contribution in [3.05, 3.63) is 37.0 Å². The van der Waals surface area contributed by atoms with Gasteiger partial charge in [0.25, 0.3) is 0 Å². The zero-order valence-electron chi connectivity index (χ0n) is 11.0. The van der Waals surface area contributed by atoms with Gasteiger partial charge in [0.2, 0.25) is 0 Å². The molecule has 0 spiro atoms. The fourth-order valence-corrected chi connectivity index (χ4v) is 3.68. The lowest BCUT2D eigenvalue weighted by Crippen LogP contribution is -2.56. The summed E-state index contributed by atoms with van der Waals surface area (Å²) in [4.78, 5) is 23.4. The molecule has 2 heterocycles. The molecule has 1 saturated carbocycles. The fourth-order valence-electron chi connectivity index (χ4n) is 3.68. The Kier molecular flexibility index (Phi) is 2.66. The smallest absolute Gasteiger partial charge is 0.334 e. The highest BCUT2D eigenvalue weighted by molar-refractivity contribution is 5.92. The first kappa shape index (κ1) is 13.1. The molecule has 0 aromatic carbocycles. The van der Waals surface area contributed by atoms with Crippen molar-refractivity contribution in [1.29, 1.82) is 0 Å². The van der Waals surface area contributed by atoms with E-state index in [4.69, 9.17) is 9.47 Å². The summed E-state index contributed by atoms with van der Waals surface area (Å²) in [5.74, 6) is -2.02. The van der Waals surface area contributed by atoms with E-state index in [2.05, 4.69) is 19.7 Å². The maximum Gasteiger partial charge on any atom is 0.334 e. The van der Waals surface area contributed by atoms with E-state index in [1.807, 2.05) is 0 Å². The zero-order valence-corrected chi connectivity index (χ0v) is 11.0. The van der Waals surface area contributed by atoms with Crippen molar-refractivity contribution in [2.24, 2.45) is 17.3 Å². The van der Waals surface area contributed by atoms with Crippen LogP contribution in [0.15, 0.2) is 37.0 Å². The van der Waals surface area contributed by atoms with E-state index in [-0.39, 0.29) is 17.8 Å². The lowest BCUT2D eigenvalue weighted by molar-refractivity contribution is -0.166. The number of carbonyl (C=O) groups is 2. The molecule has 3 aliphatic rings. The van der Waals surface area contributed by atoms with Crippen LogP contribution in [-0.4, -0.2) is 35.9 Å². The molecule has 3 fully saturated rings. The van der Waals surface area contributed by atoms with Crippen LogP contribution in [0.5, 0.6) is 0 Å². The van der Waals surface area contributed by atoms with Crippen LogP contribution in [0.3, 0.4) is 0 Å². The van der Waals surface area contributed by atoms with Gasteiger partial charge in [0, 0.05) is 22.5 Å². The van der Waals surface area contributed by atoms with Crippen LogP contribution < -0.4 is 0 Å². The number of hydrogen-bond acceptors (Lipinski definition) is 5. The first-order valence-corrected chi connectivity index (χ1v) is 6.48. The summed E-state index contributed by atoms with van der Waals surface area (Å²) in [6.45, 7) is 11.4. The van der Waals surface area contributed by atoms with Gasteiger partial charge in [-0.3, -0.25) is 0 Å². The highest BCUT2D eigenvalue weighted by atomic mass is 16.6. The van der Waals surface area contributed by atoms with Crippen molar-refractivity contribution in [3.8, 4) is 0 Å². The molecule has 5 nitrogen and oxygen atoms in total. The highest BCUT2D eigenvalue weighted by Crippen LogP contribution is 2.54. The van der Waals surface area contributed by atoms with Crippen LogP contribution in [0.1, 0.15) is 6.42 Å². The van der Waals surface area contributed by atoms with E-state index < -0.39 is 41.4 Å².